The van der Waals surface area contributed by atoms with Crippen molar-refractivity contribution in [2.24, 2.45) is 10.1 Å². The third kappa shape index (κ3) is 8.16. The summed E-state index contributed by atoms with van der Waals surface area (Å²) in [5.74, 6) is -1.53. The summed E-state index contributed by atoms with van der Waals surface area (Å²) in [5, 5.41) is 17.9. The van der Waals surface area contributed by atoms with Gasteiger partial charge >= 0.3 is 18.3 Å². The van der Waals surface area contributed by atoms with Gasteiger partial charge in [0.05, 0.1) is 23.3 Å². The molecule has 0 unspecified atom stereocenters. The van der Waals surface area contributed by atoms with Crippen LogP contribution in [-0.4, -0.2) is 55.3 Å². The molecule has 1 aromatic heterocycles. The number of carbonyl (C=O) groups is 1. The van der Waals surface area contributed by atoms with E-state index in [0.29, 0.717) is 27.8 Å². The molecule has 0 aliphatic carbocycles. The third-order valence-electron chi connectivity index (χ3n) is 5.70. The zero-order chi connectivity index (χ0) is 31.2. The van der Waals surface area contributed by atoms with Crippen LogP contribution in [0.3, 0.4) is 0 Å². The van der Waals surface area contributed by atoms with E-state index in [4.69, 9.17) is 5.11 Å². The summed E-state index contributed by atoms with van der Waals surface area (Å²) >= 11 is 1.00. The molecule has 2 N–H and O–H groups in total. The predicted octanol–water partition coefficient (Wildman–Crippen LogP) is 6.51. The van der Waals surface area contributed by atoms with Crippen LogP contribution in [0.15, 0.2) is 83.2 Å². The number of amidine groups is 1. The van der Waals surface area contributed by atoms with E-state index in [1.807, 2.05) is 32.0 Å². The topological polar surface area (TPSA) is 114 Å². The number of halogens is 5. The van der Waals surface area contributed by atoms with Crippen LogP contribution in [0.2, 0.25) is 0 Å². The van der Waals surface area contributed by atoms with Crippen molar-refractivity contribution in [3.8, 4) is 22.8 Å². The lowest BCUT2D eigenvalue weighted by molar-refractivity contribution is -0.360. The Balaban J connectivity index is 1.42. The molecule has 0 fully saturated rings. The monoisotopic (exact) mass is 618 g/mol. The molecule has 4 rings (SSSR count). The Kier molecular flexibility index (Phi) is 9.43. The molecule has 0 bridgehead atoms. The van der Waals surface area contributed by atoms with Gasteiger partial charge in [0.15, 0.2) is 11.0 Å². The highest BCUT2D eigenvalue weighted by Crippen LogP contribution is 2.37. The van der Waals surface area contributed by atoms with E-state index in [2.05, 4.69) is 30.3 Å². The smallest absolute Gasteiger partial charge is 0.481 e. The number of rotatable bonds is 9. The Morgan fingerprint density at radius 1 is 1.02 bits per heavy atom. The zero-order valence-electron chi connectivity index (χ0n) is 22.5. The van der Waals surface area contributed by atoms with Crippen molar-refractivity contribution in [1.82, 2.24) is 20.2 Å². The molecule has 0 amide bonds. The lowest BCUT2D eigenvalue weighted by Crippen LogP contribution is -2.41. The molecule has 43 heavy (non-hydrogen) atoms. The van der Waals surface area contributed by atoms with Gasteiger partial charge in [0.2, 0.25) is 0 Å². The summed E-state index contributed by atoms with van der Waals surface area (Å²) in [6.45, 7) is 3.82. The average Bonchev–Trinajstić information content (AvgIpc) is 3.44. The van der Waals surface area contributed by atoms with Crippen LogP contribution >= 0.6 is 11.8 Å². The van der Waals surface area contributed by atoms with Crippen LogP contribution in [0.25, 0.3) is 17.1 Å². The van der Waals surface area contributed by atoms with Crippen molar-refractivity contribution in [1.29, 1.82) is 0 Å². The summed E-state index contributed by atoms with van der Waals surface area (Å²) in [7, 11) is 0. The van der Waals surface area contributed by atoms with Crippen molar-refractivity contribution < 1.29 is 36.6 Å². The van der Waals surface area contributed by atoms with Gasteiger partial charge in [-0.2, -0.15) is 27.1 Å². The Bertz CT molecular complexity index is 1620. The first-order valence-corrected chi connectivity index (χ1v) is 13.4. The number of aliphatic imine (C=N–C) groups is 1. The number of aryl methyl sites for hydroxylation is 2. The van der Waals surface area contributed by atoms with Gasteiger partial charge in [-0.15, -0.1) is 5.10 Å². The summed E-state index contributed by atoms with van der Waals surface area (Å²) in [6, 6.07) is 17.2. The molecule has 4 aromatic rings. The summed E-state index contributed by atoms with van der Waals surface area (Å²) in [5.41, 5.74) is 7.10. The molecular formula is C28H23F5N6O3S. The van der Waals surface area contributed by atoms with Crippen molar-refractivity contribution in [2.75, 3.05) is 5.75 Å². The standard InChI is InChI=1S/C28H23F5N6O3S/c1-17-4-3-5-18(2)24(17)36-26(43-15-23(40)41)37-35-14-19-6-8-20(9-7-19)25-34-16-39(38-25)21-10-12-22(13-11-21)42-28(32,33)27(29,30)31/h3-14,16H,15H2,1-2H3,(H,36,37)(H,40,41)/b35-14+. The van der Waals surface area contributed by atoms with Gasteiger partial charge < -0.3 is 9.84 Å². The molecule has 0 saturated heterocycles. The number of carboxylic acids is 1. The largest absolute Gasteiger partial charge is 0.499 e. The van der Waals surface area contributed by atoms with Gasteiger partial charge in [-0.05, 0) is 54.8 Å². The van der Waals surface area contributed by atoms with E-state index in [1.54, 1.807) is 24.3 Å². The summed E-state index contributed by atoms with van der Waals surface area (Å²) in [4.78, 5) is 19.9. The van der Waals surface area contributed by atoms with Crippen LogP contribution in [-0.2, 0) is 4.79 Å². The van der Waals surface area contributed by atoms with E-state index in [9.17, 15) is 26.7 Å². The number of aromatic nitrogens is 3. The molecule has 0 spiro atoms. The van der Waals surface area contributed by atoms with E-state index < -0.39 is 24.0 Å². The predicted molar refractivity (Wildman–Crippen MR) is 152 cm³/mol. The second kappa shape index (κ2) is 13.0. The number of alkyl halides is 5. The molecule has 9 nitrogen and oxygen atoms in total. The molecular weight excluding hydrogens is 595 g/mol. The first-order valence-electron chi connectivity index (χ1n) is 12.4. The van der Waals surface area contributed by atoms with Crippen LogP contribution in [0, 0.1) is 13.8 Å². The van der Waals surface area contributed by atoms with Gasteiger partial charge in [0.25, 0.3) is 0 Å². The fourth-order valence-electron chi connectivity index (χ4n) is 3.58. The highest BCUT2D eigenvalue weighted by atomic mass is 32.2. The minimum Gasteiger partial charge on any atom is -0.481 e. The summed E-state index contributed by atoms with van der Waals surface area (Å²) in [6.07, 6.45) is -8.27. The third-order valence-corrected chi connectivity index (χ3v) is 6.54. The number of carboxylic acid groups (broad SMARTS) is 1. The number of nitrogens with zero attached hydrogens (tertiary/aromatic N) is 5. The molecule has 15 heteroatoms. The molecule has 3 aromatic carbocycles. The van der Waals surface area contributed by atoms with Crippen molar-refractivity contribution >= 4 is 34.8 Å². The maximum atomic E-state index is 13.1. The van der Waals surface area contributed by atoms with Crippen LogP contribution in [0.4, 0.5) is 27.6 Å². The van der Waals surface area contributed by atoms with E-state index >= 15 is 0 Å². The minimum absolute atomic E-state index is 0.202. The Hall–Kier alpha value is -4.79. The van der Waals surface area contributed by atoms with Gasteiger partial charge in [0, 0.05) is 5.56 Å². The number of hydrazone groups is 1. The first kappa shape index (κ1) is 31.2. The first-order chi connectivity index (χ1) is 20.3. The lowest BCUT2D eigenvalue weighted by atomic mass is 10.1. The van der Waals surface area contributed by atoms with Gasteiger partial charge in [0.1, 0.15) is 12.1 Å². The Labute approximate surface area is 246 Å². The number of ether oxygens (including phenoxy) is 1. The number of hydrogen-bond donors (Lipinski definition) is 2. The lowest BCUT2D eigenvalue weighted by Gasteiger charge is -2.20. The van der Waals surface area contributed by atoms with Crippen LogP contribution in [0.1, 0.15) is 16.7 Å². The van der Waals surface area contributed by atoms with Crippen molar-refractivity contribution in [3.63, 3.8) is 0 Å². The quantitative estimate of drug-likeness (QED) is 0.0951. The maximum absolute atomic E-state index is 13.1. The van der Waals surface area contributed by atoms with Gasteiger partial charge in [-0.1, -0.05) is 54.2 Å². The van der Waals surface area contributed by atoms with Crippen molar-refractivity contribution in [3.05, 3.63) is 89.7 Å². The molecule has 0 saturated carbocycles. The number of para-hydroxylation sites is 1. The highest BCUT2D eigenvalue weighted by Gasteiger charge is 2.61. The zero-order valence-corrected chi connectivity index (χ0v) is 23.3. The number of benzene rings is 3. The van der Waals surface area contributed by atoms with Crippen LogP contribution in [0.5, 0.6) is 5.75 Å². The molecule has 224 valence electrons. The van der Waals surface area contributed by atoms with Crippen molar-refractivity contribution in [2.45, 2.75) is 26.1 Å². The van der Waals surface area contributed by atoms with Crippen LogP contribution < -0.4 is 10.2 Å². The number of hydrogen-bond acceptors (Lipinski definition) is 7. The molecule has 0 aliphatic heterocycles. The number of aliphatic carboxylic acids is 1. The second-order valence-corrected chi connectivity index (χ2v) is 9.92. The van der Waals surface area contributed by atoms with Gasteiger partial charge in [-0.3, -0.25) is 10.2 Å². The fourth-order valence-corrected chi connectivity index (χ4v) is 4.11. The normalized spacial score (nSPS) is 12.5. The second-order valence-electron chi connectivity index (χ2n) is 8.96. The number of thioether (sulfide) groups is 1. The van der Waals surface area contributed by atoms with E-state index in [-0.39, 0.29) is 5.75 Å². The summed E-state index contributed by atoms with van der Waals surface area (Å²) < 4.78 is 68.4. The van der Waals surface area contributed by atoms with E-state index in [1.165, 1.54) is 29.4 Å². The Morgan fingerprint density at radius 2 is 1.67 bits per heavy atom. The number of nitrogens with one attached hydrogen (secondary N) is 1. The average molecular weight is 619 g/mol. The molecule has 0 atom stereocenters. The van der Waals surface area contributed by atoms with E-state index in [0.717, 1.165) is 40.7 Å². The highest BCUT2D eigenvalue weighted by molar-refractivity contribution is 8.14. The molecule has 0 radical (unpaired) electrons. The maximum Gasteiger partial charge on any atom is 0.499 e. The Morgan fingerprint density at radius 3 is 2.28 bits per heavy atom. The van der Waals surface area contributed by atoms with Gasteiger partial charge in [-0.25, -0.2) is 14.7 Å². The minimum atomic E-state index is -5.84. The molecule has 1 heterocycles. The SMILES string of the molecule is Cc1cccc(C)c1/N=C(/N/N=C/c1ccc(-c2ncn(-c3ccc(OC(F)(F)C(F)(F)F)cc3)n2)cc1)SCC(=O)O. The molecule has 0 aliphatic rings. The fraction of sp³-hybridized carbons (Fsp3) is 0.179.